The van der Waals surface area contributed by atoms with Gasteiger partial charge in [0.2, 0.25) is 0 Å². The minimum absolute atomic E-state index is 0.0989. The summed E-state index contributed by atoms with van der Waals surface area (Å²) < 4.78 is 5.59. The number of nitrogens with zero attached hydrogens (tertiary/aromatic N) is 1. The molecule has 0 saturated heterocycles. The van der Waals surface area contributed by atoms with Crippen LogP contribution < -0.4 is 10.1 Å². The van der Waals surface area contributed by atoms with Gasteiger partial charge in [0, 0.05) is 22.5 Å². The van der Waals surface area contributed by atoms with Gasteiger partial charge in [0.15, 0.2) is 0 Å². The zero-order valence-corrected chi connectivity index (χ0v) is 12.9. The highest BCUT2D eigenvalue weighted by Gasteiger charge is 2.05. The Bertz CT molecular complexity index is 631. The van der Waals surface area contributed by atoms with E-state index in [9.17, 15) is 0 Å². The second kappa shape index (κ2) is 6.65. The lowest BCUT2D eigenvalue weighted by Gasteiger charge is -2.12. The minimum atomic E-state index is 0.0989. The largest absolute Gasteiger partial charge is 0.489 e. The van der Waals surface area contributed by atoms with Crippen molar-refractivity contribution in [2.45, 2.75) is 26.5 Å². The summed E-state index contributed by atoms with van der Waals surface area (Å²) in [5.74, 6) is 0.690. The van der Waals surface area contributed by atoms with Crippen molar-refractivity contribution in [2.24, 2.45) is 0 Å². The highest BCUT2D eigenvalue weighted by Crippen LogP contribution is 2.29. The molecule has 20 heavy (non-hydrogen) atoms. The van der Waals surface area contributed by atoms with Crippen LogP contribution in [0.1, 0.15) is 24.3 Å². The van der Waals surface area contributed by atoms with E-state index in [4.69, 9.17) is 21.6 Å². The van der Waals surface area contributed by atoms with E-state index in [1.54, 1.807) is 11.3 Å². The van der Waals surface area contributed by atoms with Crippen LogP contribution in [0.4, 0.5) is 5.69 Å². The number of halogens is 1. The molecule has 0 atom stereocenters. The predicted octanol–water partition coefficient (Wildman–Crippen LogP) is 4.67. The average Bonchev–Trinajstić information content (AvgIpc) is 2.87. The second-order valence-electron chi connectivity index (χ2n) is 4.58. The van der Waals surface area contributed by atoms with Gasteiger partial charge in [-0.25, -0.2) is 0 Å². The van der Waals surface area contributed by atoms with Gasteiger partial charge in [-0.3, -0.25) is 0 Å². The minimum Gasteiger partial charge on any atom is -0.489 e. The van der Waals surface area contributed by atoms with Gasteiger partial charge in [-0.05, 0) is 38.1 Å². The molecule has 104 valence electrons. The summed E-state index contributed by atoms with van der Waals surface area (Å²) in [6, 6.07) is 9.65. The topological polar surface area (TPSA) is 45.0 Å². The fourth-order valence-corrected chi connectivity index (χ4v) is 2.66. The molecule has 1 heterocycles. The number of nitriles is 1. The molecule has 1 aromatic carbocycles. The third-order valence-electron chi connectivity index (χ3n) is 2.54. The summed E-state index contributed by atoms with van der Waals surface area (Å²) in [6.45, 7) is 4.60. The fraction of sp³-hybridized carbons (Fsp3) is 0.267. The van der Waals surface area contributed by atoms with Crippen molar-refractivity contribution < 1.29 is 4.74 Å². The lowest BCUT2D eigenvalue weighted by Crippen LogP contribution is -2.06. The molecule has 0 aliphatic rings. The van der Waals surface area contributed by atoms with Crippen LogP contribution in [-0.2, 0) is 6.54 Å². The number of hydrogen-bond acceptors (Lipinski definition) is 4. The molecule has 0 aliphatic carbocycles. The summed E-state index contributed by atoms with van der Waals surface area (Å²) in [5.41, 5.74) is 1.63. The monoisotopic (exact) mass is 306 g/mol. The SMILES string of the molecule is CC(C)Oc1ccc(NCc2cc(C#N)cs2)cc1Cl. The van der Waals surface area contributed by atoms with E-state index in [0.29, 0.717) is 22.9 Å². The molecule has 1 N–H and O–H groups in total. The maximum absolute atomic E-state index is 8.78. The van der Waals surface area contributed by atoms with Crippen LogP contribution in [0.3, 0.4) is 0 Å². The molecule has 0 saturated carbocycles. The number of nitrogens with one attached hydrogen (secondary N) is 1. The van der Waals surface area contributed by atoms with Crippen molar-refractivity contribution in [1.29, 1.82) is 5.26 Å². The third-order valence-corrected chi connectivity index (χ3v) is 3.78. The van der Waals surface area contributed by atoms with E-state index in [0.717, 1.165) is 10.6 Å². The molecule has 0 spiro atoms. The van der Waals surface area contributed by atoms with Gasteiger partial charge in [-0.15, -0.1) is 11.3 Å². The molecule has 0 radical (unpaired) electrons. The Balaban J connectivity index is 2.00. The van der Waals surface area contributed by atoms with Crippen molar-refractivity contribution in [3.63, 3.8) is 0 Å². The van der Waals surface area contributed by atoms with Crippen LogP contribution in [0.25, 0.3) is 0 Å². The van der Waals surface area contributed by atoms with E-state index in [1.165, 1.54) is 0 Å². The molecular formula is C15H15ClN2OS. The van der Waals surface area contributed by atoms with Crippen molar-refractivity contribution >= 4 is 28.6 Å². The highest BCUT2D eigenvalue weighted by molar-refractivity contribution is 7.10. The van der Waals surface area contributed by atoms with Gasteiger partial charge in [0.05, 0.1) is 16.7 Å². The lowest BCUT2D eigenvalue weighted by molar-refractivity contribution is 0.242. The molecule has 0 unspecified atom stereocenters. The molecule has 2 aromatic rings. The summed E-state index contributed by atoms with van der Waals surface area (Å²) >= 11 is 7.74. The quantitative estimate of drug-likeness (QED) is 0.873. The van der Waals surface area contributed by atoms with Crippen LogP contribution in [0.5, 0.6) is 5.75 Å². The molecule has 5 heteroatoms. The number of thiophene rings is 1. The van der Waals surface area contributed by atoms with Gasteiger partial charge in [0.25, 0.3) is 0 Å². The molecule has 0 aliphatic heterocycles. The Morgan fingerprint density at radius 1 is 1.40 bits per heavy atom. The smallest absolute Gasteiger partial charge is 0.138 e. The number of ether oxygens (including phenoxy) is 1. The van der Waals surface area contributed by atoms with Crippen LogP contribution in [0, 0.1) is 11.3 Å². The van der Waals surface area contributed by atoms with Crippen LogP contribution >= 0.6 is 22.9 Å². The number of rotatable bonds is 5. The highest BCUT2D eigenvalue weighted by atomic mass is 35.5. The maximum Gasteiger partial charge on any atom is 0.138 e. The van der Waals surface area contributed by atoms with Gasteiger partial charge in [-0.1, -0.05) is 11.6 Å². The Labute approximate surface area is 127 Å². The van der Waals surface area contributed by atoms with E-state index >= 15 is 0 Å². The zero-order chi connectivity index (χ0) is 14.5. The van der Waals surface area contributed by atoms with Crippen molar-refractivity contribution in [2.75, 3.05) is 5.32 Å². The van der Waals surface area contributed by atoms with E-state index in [2.05, 4.69) is 11.4 Å². The van der Waals surface area contributed by atoms with E-state index in [1.807, 2.05) is 43.5 Å². The van der Waals surface area contributed by atoms with Gasteiger partial charge < -0.3 is 10.1 Å². The Hall–Kier alpha value is -1.70. The summed E-state index contributed by atoms with van der Waals surface area (Å²) in [4.78, 5) is 1.11. The number of hydrogen-bond donors (Lipinski definition) is 1. The van der Waals surface area contributed by atoms with Crippen LogP contribution in [0.2, 0.25) is 5.02 Å². The molecule has 3 nitrogen and oxygen atoms in total. The molecular weight excluding hydrogens is 292 g/mol. The molecule has 2 rings (SSSR count). The van der Waals surface area contributed by atoms with E-state index < -0.39 is 0 Å². The van der Waals surface area contributed by atoms with Crippen LogP contribution in [0.15, 0.2) is 29.6 Å². The van der Waals surface area contributed by atoms with Gasteiger partial charge in [-0.2, -0.15) is 5.26 Å². The molecule has 0 bridgehead atoms. The van der Waals surface area contributed by atoms with Crippen LogP contribution in [-0.4, -0.2) is 6.10 Å². The van der Waals surface area contributed by atoms with Gasteiger partial charge in [0.1, 0.15) is 11.8 Å². The molecule has 0 fully saturated rings. The summed E-state index contributed by atoms with van der Waals surface area (Å²) in [6.07, 6.45) is 0.0989. The first-order valence-corrected chi connectivity index (χ1v) is 7.52. The average molecular weight is 307 g/mol. The predicted molar refractivity (Wildman–Crippen MR) is 83.6 cm³/mol. The standard InChI is InChI=1S/C15H15ClN2OS/c1-10(2)19-15-4-3-12(6-14(15)16)18-8-13-5-11(7-17)9-20-13/h3-6,9-10,18H,8H2,1-2H3. The number of anilines is 1. The fourth-order valence-electron chi connectivity index (χ4n) is 1.68. The van der Waals surface area contributed by atoms with Gasteiger partial charge >= 0.3 is 0 Å². The third kappa shape index (κ3) is 3.89. The Morgan fingerprint density at radius 2 is 2.20 bits per heavy atom. The zero-order valence-electron chi connectivity index (χ0n) is 11.3. The maximum atomic E-state index is 8.78. The number of benzene rings is 1. The van der Waals surface area contributed by atoms with E-state index in [-0.39, 0.29) is 6.10 Å². The summed E-state index contributed by atoms with van der Waals surface area (Å²) in [5, 5.41) is 14.5. The lowest BCUT2D eigenvalue weighted by atomic mass is 10.3. The molecule has 1 aromatic heterocycles. The van der Waals surface area contributed by atoms with Crippen molar-refractivity contribution in [1.82, 2.24) is 0 Å². The second-order valence-corrected chi connectivity index (χ2v) is 5.98. The Morgan fingerprint density at radius 3 is 2.80 bits per heavy atom. The normalized spacial score (nSPS) is 10.3. The van der Waals surface area contributed by atoms with Crippen molar-refractivity contribution in [3.05, 3.63) is 45.1 Å². The first kappa shape index (κ1) is 14.7. The first-order valence-electron chi connectivity index (χ1n) is 6.26. The molecule has 0 amide bonds. The Kier molecular flexibility index (Phi) is 4.89. The van der Waals surface area contributed by atoms with Crippen molar-refractivity contribution in [3.8, 4) is 11.8 Å². The summed E-state index contributed by atoms with van der Waals surface area (Å²) in [7, 11) is 0. The first-order chi connectivity index (χ1) is 9.58.